The highest BCUT2D eigenvalue weighted by Crippen LogP contribution is 2.49. The third kappa shape index (κ3) is 5.40. The van der Waals surface area contributed by atoms with E-state index >= 15 is 0 Å². The molecule has 3 aromatic rings. The lowest BCUT2D eigenvalue weighted by Gasteiger charge is -2.38. The van der Waals surface area contributed by atoms with Crippen molar-refractivity contribution in [2.24, 2.45) is 5.73 Å². The van der Waals surface area contributed by atoms with Gasteiger partial charge in [-0.1, -0.05) is 41.3 Å². The van der Waals surface area contributed by atoms with E-state index in [1.165, 1.54) is 30.2 Å². The molecule has 42 heavy (non-hydrogen) atoms. The maximum absolute atomic E-state index is 13.4. The van der Waals surface area contributed by atoms with E-state index in [-0.39, 0.29) is 28.8 Å². The minimum atomic E-state index is -0.711. The average Bonchev–Trinajstić information content (AvgIpc) is 3.48. The molecule has 2 aromatic carbocycles. The predicted molar refractivity (Wildman–Crippen MR) is 158 cm³/mol. The smallest absolute Gasteiger partial charge is 0.234 e. The van der Waals surface area contributed by atoms with Gasteiger partial charge in [0.1, 0.15) is 23.4 Å². The first-order valence-electron chi connectivity index (χ1n) is 12.8. The Bertz CT molecular complexity index is 1720. The van der Waals surface area contributed by atoms with Crippen molar-refractivity contribution in [3.05, 3.63) is 76.3 Å². The summed E-state index contributed by atoms with van der Waals surface area (Å²) in [6.45, 7) is 0. The van der Waals surface area contributed by atoms with Crippen LogP contribution in [-0.4, -0.2) is 41.9 Å². The van der Waals surface area contributed by atoms with E-state index in [0.29, 0.717) is 68.3 Å². The van der Waals surface area contributed by atoms with Gasteiger partial charge in [0.05, 0.1) is 48.8 Å². The monoisotopic (exact) mass is 599 g/mol. The molecular formula is C29H25N7O4S2. The van der Waals surface area contributed by atoms with E-state index in [4.69, 9.17) is 15.2 Å². The molecule has 1 amide bonds. The Morgan fingerprint density at radius 1 is 1.17 bits per heavy atom. The quantitative estimate of drug-likeness (QED) is 0.351. The van der Waals surface area contributed by atoms with Crippen LogP contribution in [-0.2, 0) is 9.59 Å². The summed E-state index contributed by atoms with van der Waals surface area (Å²) in [5.41, 5.74) is 9.44. The van der Waals surface area contributed by atoms with Gasteiger partial charge in [-0.2, -0.15) is 10.5 Å². The Hall–Kier alpha value is -4.85. The molecule has 0 spiro atoms. The molecule has 1 aromatic heterocycles. The number of anilines is 2. The molecule has 1 atom stereocenters. The summed E-state index contributed by atoms with van der Waals surface area (Å²) in [6.07, 6.45) is 1.53. The number of hydrogen-bond acceptors (Lipinski definition) is 12. The Balaban J connectivity index is 1.45. The number of thioether (sulfide) groups is 1. The molecular weight excluding hydrogens is 574 g/mol. The zero-order valence-corrected chi connectivity index (χ0v) is 24.3. The lowest BCUT2D eigenvalue weighted by molar-refractivity contribution is -0.116. The fraction of sp³-hybridized carbons (Fsp3) is 0.241. The molecule has 5 rings (SSSR count). The summed E-state index contributed by atoms with van der Waals surface area (Å²) in [6, 6.07) is 16.3. The Morgan fingerprint density at radius 2 is 1.98 bits per heavy atom. The summed E-state index contributed by atoms with van der Waals surface area (Å²) in [5.74, 6) is 0.164. The highest BCUT2D eigenvalue weighted by atomic mass is 32.2. The molecule has 11 nitrogen and oxygen atoms in total. The molecule has 2 heterocycles. The van der Waals surface area contributed by atoms with Crippen LogP contribution in [0, 0.1) is 22.7 Å². The number of amides is 1. The topological polar surface area (TPSA) is 167 Å². The Labute approximate surface area is 250 Å². The minimum Gasteiger partial charge on any atom is -0.497 e. The molecule has 1 aliphatic heterocycles. The number of nitrogens with one attached hydrogen (secondary N) is 1. The van der Waals surface area contributed by atoms with Crippen LogP contribution >= 0.6 is 23.1 Å². The second-order valence-corrected chi connectivity index (χ2v) is 11.4. The average molecular weight is 600 g/mol. The molecule has 0 saturated heterocycles. The molecule has 0 radical (unpaired) electrons. The first kappa shape index (κ1) is 28.7. The second kappa shape index (κ2) is 12.3. The fourth-order valence-corrected chi connectivity index (χ4v) is 6.71. The number of nitriles is 2. The standard InChI is InChI=1S/C29H25N7O4S2/c1-39-17-10-11-18(23(12-17)40-2)25-19(14-31)27(32)36(21-8-5-9-22(37)26(21)25)28-34-35-29(42-28)41-15-24(38)33-20-7-4-3-6-16(20)13-30/h3-4,6-7,10-12,25H,5,8-9,15,32H2,1-2H3,(H,33,38). The summed E-state index contributed by atoms with van der Waals surface area (Å²) >= 11 is 2.38. The number of Topliss-reactive ketones (excluding diaryl/α,β-unsaturated/α-hetero) is 1. The number of carbonyl (C=O) groups excluding carboxylic acids is 2. The number of rotatable bonds is 8. The Kier molecular flexibility index (Phi) is 8.43. The zero-order chi connectivity index (χ0) is 29.8. The zero-order valence-electron chi connectivity index (χ0n) is 22.7. The van der Waals surface area contributed by atoms with Crippen LogP contribution in [0.4, 0.5) is 10.8 Å². The molecule has 1 aliphatic carbocycles. The number of aromatic nitrogens is 2. The lowest BCUT2D eigenvalue weighted by atomic mass is 9.75. The van der Waals surface area contributed by atoms with Crippen LogP contribution in [0.2, 0.25) is 0 Å². The number of ketones is 1. The molecule has 2 aliphatic rings. The maximum atomic E-state index is 13.4. The van der Waals surface area contributed by atoms with Crippen molar-refractivity contribution in [3.8, 4) is 23.6 Å². The number of nitrogens with two attached hydrogens (primary N) is 1. The van der Waals surface area contributed by atoms with Crippen LogP contribution in [0.1, 0.15) is 36.3 Å². The summed E-state index contributed by atoms with van der Waals surface area (Å²) < 4.78 is 11.5. The highest BCUT2D eigenvalue weighted by Gasteiger charge is 2.42. The Morgan fingerprint density at radius 3 is 2.71 bits per heavy atom. The lowest BCUT2D eigenvalue weighted by Crippen LogP contribution is -2.38. The van der Waals surface area contributed by atoms with E-state index < -0.39 is 5.92 Å². The van der Waals surface area contributed by atoms with Crippen molar-refractivity contribution in [3.63, 3.8) is 0 Å². The van der Waals surface area contributed by atoms with Gasteiger partial charge in [0, 0.05) is 29.3 Å². The van der Waals surface area contributed by atoms with E-state index in [1.54, 1.807) is 54.5 Å². The first-order chi connectivity index (χ1) is 20.4. The highest BCUT2D eigenvalue weighted by molar-refractivity contribution is 8.01. The largest absolute Gasteiger partial charge is 0.497 e. The summed E-state index contributed by atoms with van der Waals surface area (Å²) in [4.78, 5) is 27.6. The minimum absolute atomic E-state index is 0.0366. The number of benzene rings is 2. The van der Waals surface area contributed by atoms with E-state index in [9.17, 15) is 20.1 Å². The first-order valence-corrected chi connectivity index (χ1v) is 14.6. The van der Waals surface area contributed by atoms with Crippen LogP contribution in [0.5, 0.6) is 11.5 Å². The van der Waals surface area contributed by atoms with Gasteiger partial charge in [-0.3, -0.25) is 14.5 Å². The van der Waals surface area contributed by atoms with Gasteiger partial charge >= 0.3 is 0 Å². The fourth-order valence-electron chi connectivity index (χ4n) is 5.03. The van der Waals surface area contributed by atoms with Crippen molar-refractivity contribution in [2.45, 2.75) is 29.5 Å². The third-order valence-corrected chi connectivity index (χ3v) is 8.94. The summed E-state index contributed by atoms with van der Waals surface area (Å²) in [5, 5.41) is 31.2. The van der Waals surface area contributed by atoms with Gasteiger partial charge in [-0.05, 0) is 31.0 Å². The van der Waals surface area contributed by atoms with Crippen molar-refractivity contribution in [1.29, 1.82) is 10.5 Å². The van der Waals surface area contributed by atoms with E-state index in [2.05, 4.69) is 27.7 Å². The molecule has 0 fully saturated rings. The van der Waals surface area contributed by atoms with Gasteiger partial charge in [0.25, 0.3) is 0 Å². The van der Waals surface area contributed by atoms with Crippen LogP contribution < -0.4 is 25.4 Å². The maximum Gasteiger partial charge on any atom is 0.234 e. The van der Waals surface area contributed by atoms with Gasteiger partial charge < -0.3 is 20.5 Å². The molecule has 13 heteroatoms. The molecule has 0 bridgehead atoms. The van der Waals surface area contributed by atoms with Gasteiger partial charge in [-0.25, -0.2) is 0 Å². The normalized spacial score (nSPS) is 16.4. The number of carbonyl (C=O) groups is 2. The number of para-hydroxylation sites is 1. The molecule has 3 N–H and O–H groups in total. The summed E-state index contributed by atoms with van der Waals surface area (Å²) in [7, 11) is 3.07. The number of ether oxygens (including phenoxy) is 2. The number of allylic oxidation sites excluding steroid dienone is 3. The predicted octanol–water partition coefficient (Wildman–Crippen LogP) is 4.46. The van der Waals surface area contributed by atoms with Crippen molar-refractivity contribution in [2.75, 3.05) is 30.2 Å². The van der Waals surface area contributed by atoms with Crippen molar-refractivity contribution < 1.29 is 19.1 Å². The third-order valence-electron chi connectivity index (χ3n) is 6.90. The number of nitrogens with zero attached hydrogens (tertiary/aromatic N) is 5. The van der Waals surface area contributed by atoms with E-state index in [0.717, 1.165) is 0 Å². The van der Waals surface area contributed by atoms with Crippen LogP contribution in [0.25, 0.3) is 0 Å². The molecule has 212 valence electrons. The van der Waals surface area contributed by atoms with Gasteiger partial charge in [0.2, 0.25) is 11.0 Å². The van der Waals surface area contributed by atoms with Crippen molar-refractivity contribution >= 4 is 45.6 Å². The molecule has 0 saturated carbocycles. The van der Waals surface area contributed by atoms with Gasteiger partial charge in [-0.15, -0.1) is 10.2 Å². The SMILES string of the molecule is COc1ccc(C2C(C#N)=C(N)N(c3nnc(SCC(=O)Nc4ccccc4C#N)s3)C3=C2C(=O)CCC3)c(OC)c1. The van der Waals surface area contributed by atoms with E-state index in [1.807, 2.05) is 0 Å². The molecule has 1 unspecified atom stereocenters. The van der Waals surface area contributed by atoms with Crippen molar-refractivity contribution in [1.82, 2.24) is 10.2 Å². The number of methoxy groups -OCH3 is 2. The second-order valence-electron chi connectivity index (χ2n) is 9.27. The number of hydrogen-bond donors (Lipinski definition) is 2. The van der Waals surface area contributed by atoms with Crippen LogP contribution in [0.3, 0.4) is 0 Å². The van der Waals surface area contributed by atoms with Crippen LogP contribution in [0.15, 0.2) is 69.5 Å². The van der Waals surface area contributed by atoms with Gasteiger partial charge in [0.15, 0.2) is 10.1 Å².